The van der Waals surface area contributed by atoms with Crippen molar-refractivity contribution >= 4 is 12.0 Å². The molecule has 104 valence electrons. The van der Waals surface area contributed by atoms with Crippen LogP contribution in [0, 0.1) is 6.92 Å². The molecule has 2 atom stereocenters. The Labute approximate surface area is 113 Å². The van der Waals surface area contributed by atoms with Crippen LogP contribution >= 0.6 is 0 Å². The van der Waals surface area contributed by atoms with E-state index in [-0.39, 0.29) is 6.04 Å². The Balaban J connectivity index is 2.56. The molecule has 0 spiro atoms. The monoisotopic (exact) mass is 264 g/mol. The average Bonchev–Trinajstić information content (AvgIpc) is 2.36. The Hall–Kier alpha value is -2.04. The van der Waals surface area contributed by atoms with Crippen molar-refractivity contribution in [1.29, 1.82) is 0 Å². The summed E-state index contributed by atoms with van der Waals surface area (Å²) in [5, 5.41) is 14.0. The summed E-state index contributed by atoms with van der Waals surface area (Å²) in [5.74, 6) is -1.03. The zero-order valence-corrected chi connectivity index (χ0v) is 11.4. The van der Waals surface area contributed by atoms with Gasteiger partial charge >= 0.3 is 12.0 Å². The smallest absolute Gasteiger partial charge is 0.326 e. The van der Waals surface area contributed by atoms with Gasteiger partial charge in [0.1, 0.15) is 6.04 Å². The van der Waals surface area contributed by atoms with E-state index >= 15 is 0 Å². The molecule has 1 unspecified atom stereocenters. The zero-order valence-electron chi connectivity index (χ0n) is 11.4. The molecule has 0 saturated heterocycles. The number of benzene rings is 1. The Bertz CT molecular complexity index is 443. The number of carboxylic acids is 1. The summed E-state index contributed by atoms with van der Waals surface area (Å²) in [6.45, 7) is 5.56. The number of aliphatic carboxylic acids is 1. The first-order chi connectivity index (χ1) is 8.93. The third-order valence-electron chi connectivity index (χ3n) is 2.94. The van der Waals surface area contributed by atoms with Crippen LogP contribution in [-0.2, 0) is 4.79 Å². The third-order valence-corrected chi connectivity index (χ3v) is 2.94. The number of nitrogens with one attached hydrogen (secondary N) is 2. The van der Waals surface area contributed by atoms with Crippen molar-refractivity contribution in [3.05, 3.63) is 35.4 Å². The molecule has 0 aliphatic carbocycles. The van der Waals surface area contributed by atoms with Gasteiger partial charge in [0.25, 0.3) is 0 Å². The van der Waals surface area contributed by atoms with Crippen molar-refractivity contribution in [3.8, 4) is 0 Å². The van der Waals surface area contributed by atoms with Gasteiger partial charge in [0, 0.05) is 0 Å². The fourth-order valence-corrected chi connectivity index (χ4v) is 1.67. The molecule has 0 radical (unpaired) electrons. The van der Waals surface area contributed by atoms with Crippen LogP contribution in [0.5, 0.6) is 0 Å². The first-order valence-electron chi connectivity index (χ1n) is 6.30. The molecule has 3 N–H and O–H groups in total. The van der Waals surface area contributed by atoms with Crippen LogP contribution in [0.25, 0.3) is 0 Å². The quantitative estimate of drug-likeness (QED) is 0.763. The van der Waals surface area contributed by atoms with Crippen molar-refractivity contribution in [2.45, 2.75) is 39.3 Å². The largest absolute Gasteiger partial charge is 0.480 e. The van der Waals surface area contributed by atoms with E-state index in [9.17, 15) is 9.59 Å². The molecule has 0 heterocycles. The van der Waals surface area contributed by atoms with Gasteiger partial charge in [-0.1, -0.05) is 36.8 Å². The van der Waals surface area contributed by atoms with Gasteiger partial charge in [-0.25, -0.2) is 9.59 Å². The van der Waals surface area contributed by atoms with E-state index in [4.69, 9.17) is 5.11 Å². The number of urea groups is 1. The first-order valence-corrected chi connectivity index (χ1v) is 6.30. The number of carbonyl (C=O) groups excluding carboxylic acids is 1. The number of rotatable bonds is 5. The van der Waals surface area contributed by atoms with E-state index in [1.54, 1.807) is 6.92 Å². The molecule has 1 rings (SSSR count). The number of hydrogen-bond donors (Lipinski definition) is 3. The zero-order chi connectivity index (χ0) is 14.4. The SMILES string of the molecule is CC[C@@H](NC(=O)NC(C)c1ccc(C)cc1)C(=O)O. The Morgan fingerprint density at radius 2 is 1.79 bits per heavy atom. The number of carboxylic acid groups (broad SMARTS) is 1. The molecule has 5 heteroatoms. The third kappa shape index (κ3) is 4.62. The van der Waals surface area contributed by atoms with E-state index in [1.165, 1.54) is 0 Å². The van der Waals surface area contributed by atoms with Crippen LogP contribution in [0.2, 0.25) is 0 Å². The fourth-order valence-electron chi connectivity index (χ4n) is 1.67. The highest BCUT2D eigenvalue weighted by Crippen LogP contribution is 2.12. The van der Waals surface area contributed by atoms with Gasteiger partial charge < -0.3 is 15.7 Å². The van der Waals surface area contributed by atoms with Gasteiger partial charge in [0.05, 0.1) is 6.04 Å². The van der Waals surface area contributed by atoms with E-state index in [0.29, 0.717) is 6.42 Å². The number of hydrogen-bond acceptors (Lipinski definition) is 2. The maximum absolute atomic E-state index is 11.7. The van der Waals surface area contributed by atoms with Crippen LogP contribution in [0.1, 0.15) is 37.4 Å². The van der Waals surface area contributed by atoms with Crippen LogP contribution in [-0.4, -0.2) is 23.1 Å². The number of aryl methyl sites for hydroxylation is 1. The van der Waals surface area contributed by atoms with Gasteiger partial charge in [0.2, 0.25) is 0 Å². The molecule has 1 aromatic carbocycles. The second kappa shape index (κ2) is 6.78. The van der Waals surface area contributed by atoms with Crippen LogP contribution in [0.15, 0.2) is 24.3 Å². The summed E-state index contributed by atoms with van der Waals surface area (Å²) in [6.07, 6.45) is 0.349. The molecule has 0 aromatic heterocycles. The summed E-state index contributed by atoms with van der Waals surface area (Å²) in [5.41, 5.74) is 2.13. The van der Waals surface area contributed by atoms with E-state index in [2.05, 4.69) is 10.6 Å². The highest BCUT2D eigenvalue weighted by atomic mass is 16.4. The highest BCUT2D eigenvalue weighted by Gasteiger charge is 2.18. The molecular formula is C14H20N2O3. The summed E-state index contributed by atoms with van der Waals surface area (Å²) in [6, 6.07) is 6.32. The predicted molar refractivity (Wildman–Crippen MR) is 73.0 cm³/mol. The summed E-state index contributed by atoms with van der Waals surface area (Å²) in [7, 11) is 0. The second-order valence-electron chi connectivity index (χ2n) is 4.55. The Morgan fingerprint density at radius 3 is 2.26 bits per heavy atom. The number of amides is 2. The van der Waals surface area contributed by atoms with E-state index < -0.39 is 18.0 Å². The molecule has 0 aliphatic rings. The molecule has 1 aromatic rings. The fraction of sp³-hybridized carbons (Fsp3) is 0.429. The van der Waals surface area contributed by atoms with Crippen molar-refractivity contribution in [2.24, 2.45) is 0 Å². The lowest BCUT2D eigenvalue weighted by atomic mass is 10.1. The molecule has 5 nitrogen and oxygen atoms in total. The molecule has 0 aliphatic heterocycles. The second-order valence-corrected chi connectivity index (χ2v) is 4.55. The van der Waals surface area contributed by atoms with Crippen molar-refractivity contribution < 1.29 is 14.7 Å². The molecule has 19 heavy (non-hydrogen) atoms. The number of carbonyl (C=O) groups is 2. The van der Waals surface area contributed by atoms with Crippen LogP contribution in [0.3, 0.4) is 0 Å². The lowest BCUT2D eigenvalue weighted by molar-refractivity contribution is -0.139. The molecule has 2 amide bonds. The van der Waals surface area contributed by atoms with Crippen LogP contribution < -0.4 is 10.6 Å². The van der Waals surface area contributed by atoms with E-state index in [1.807, 2.05) is 38.1 Å². The highest BCUT2D eigenvalue weighted by molar-refractivity contribution is 5.82. The first kappa shape index (κ1) is 15.0. The maximum atomic E-state index is 11.7. The minimum atomic E-state index is -1.03. The average molecular weight is 264 g/mol. The van der Waals surface area contributed by atoms with E-state index in [0.717, 1.165) is 11.1 Å². The summed E-state index contributed by atoms with van der Waals surface area (Å²) < 4.78 is 0. The summed E-state index contributed by atoms with van der Waals surface area (Å²) >= 11 is 0. The molecule has 0 fully saturated rings. The molecule has 0 saturated carbocycles. The van der Waals surface area contributed by atoms with Crippen molar-refractivity contribution in [2.75, 3.05) is 0 Å². The van der Waals surface area contributed by atoms with Crippen LogP contribution in [0.4, 0.5) is 4.79 Å². The van der Waals surface area contributed by atoms with Gasteiger partial charge in [0.15, 0.2) is 0 Å². The maximum Gasteiger partial charge on any atom is 0.326 e. The normalized spacial score (nSPS) is 13.4. The predicted octanol–water partition coefficient (Wildman–Crippen LogP) is 2.22. The lowest BCUT2D eigenvalue weighted by Crippen LogP contribution is -2.46. The van der Waals surface area contributed by atoms with Gasteiger partial charge in [-0.3, -0.25) is 0 Å². The van der Waals surface area contributed by atoms with Gasteiger partial charge in [-0.05, 0) is 25.8 Å². The topological polar surface area (TPSA) is 78.4 Å². The molecule has 0 bridgehead atoms. The minimum Gasteiger partial charge on any atom is -0.480 e. The van der Waals surface area contributed by atoms with Crippen molar-refractivity contribution in [3.63, 3.8) is 0 Å². The van der Waals surface area contributed by atoms with Gasteiger partial charge in [-0.15, -0.1) is 0 Å². The lowest BCUT2D eigenvalue weighted by Gasteiger charge is -2.18. The molecular weight excluding hydrogens is 244 g/mol. The summed E-state index contributed by atoms with van der Waals surface area (Å²) in [4.78, 5) is 22.5. The van der Waals surface area contributed by atoms with Gasteiger partial charge in [-0.2, -0.15) is 0 Å². The Morgan fingerprint density at radius 1 is 1.21 bits per heavy atom. The standard InChI is InChI=1S/C14H20N2O3/c1-4-12(13(17)18)16-14(19)15-10(3)11-7-5-9(2)6-8-11/h5-8,10,12H,4H2,1-3H3,(H,17,18)(H2,15,16,19)/t10?,12-/m1/s1. The Kier molecular flexibility index (Phi) is 5.36. The minimum absolute atomic E-state index is 0.174. The van der Waals surface area contributed by atoms with Crippen molar-refractivity contribution in [1.82, 2.24) is 10.6 Å².